The smallest absolute Gasteiger partial charge is 0.270 e. The number of rotatable bonds is 5. The van der Waals surface area contributed by atoms with Crippen LogP contribution in [0.1, 0.15) is 16.7 Å². The van der Waals surface area contributed by atoms with Crippen molar-refractivity contribution in [3.8, 4) is 17.6 Å². The molecule has 0 saturated carbocycles. The summed E-state index contributed by atoms with van der Waals surface area (Å²) in [5.74, 6) is 0.819. The standard InChI is InChI=1S/C21H18N2O3S2/c1-13-4-6-16(10-14(13)2)23-20(24)19(28-21(23)27)12-15-5-7-17(26-9-8-22)18(11-15)25-3/h4-7,10-12H,9H2,1-3H3/b19-12-. The molecule has 2 aromatic rings. The van der Waals surface area contributed by atoms with E-state index in [4.69, 9.17) is 27.0 Å². The molecule has 7 heteroatoms. The van der Waals surface area contributed by atoms with Crippen LogP contribution >= 0.6 is 24.0 Å². The van der Waals surface area contributed by atoms with Gasteiger partial charge in [-0.2, -0.15) is 5.26 Å². The van der Waals surface area contributed by atoms with Gasteiger partial charge in [-0.05, 0) is 60.9 Å². The topological polar surface area (TPSA) is 62.6 Å². The van der Waals surface area contributed by atoms with Gasteiger partial charge in [0, 0.05) is 0 Å². The highest BCUT2D eigenvalue weighted by Gasteiger charge is 2.33. The van der Waals surface area contributed by atoms with Crippen LogP contribution in [0.15, 0.2) is 41.3 Å². The van der Waals surface area contributed by atoms with Gasteiger partial charge in [0.1, 0.15) is 6.07 Å². The molecule has 1 fully saturated rings. The number of thioether (sulfide) groups is 1. The predicted octanol–water partition coefficient (Wildman–Crippen LogP) is 4.62. The van der Waals surface area contributed by atoms with Crippen LogP contribution in [0.2, 0.25) is 0 Å². The summed E-state index contributed by atoms with van der Waals surface area (Å²) in [5, 5.41) is 8.66. The zero-order valence-electron chi connectivity index (χ0n) is 15.7. The molecule has 3 rings (SSSR count). The van der Waals surface area contributed by atoms with Gasteiger partial charge in [0.25, 0.3) is 5.91 Å². The number of nitriles is 1. The Balaban J connectivity index is 1.89. The van der Waals surface area contributed by atoms with Gasteiger partial charge in [0.15, 0.2) is 22.4 Å². The van der Waals surface area contributed by atoms with Gasteiger partial charge in [0.2, 0.25) is 0 Å². The maximum Gasteiger partial charge on any atom is 0.270 e. The molecule has 2 aromatic carbocycles. The number of ether oxygens (including phenoxy) is 2. The highest BCUT2D eigenvalue weighted by molar-refractivity contribution is 8.27. The molecule has 0 radical (unpaired) electrons. The molecular weight excluding hydrogens is 392 g/mol. The van der Waals surface area contributed by atoms with Crippen LogP contribution in [-0.4, -0.2) is 23.9 Å². The molecule has 28 heavy (non-hydrogen) atoms. The van der Waals surface area contributed by atoms with E-state index in [1.165, 1.54) is 18.9 Å². The number of nitrogens with zero attached hydrogens (tertiary/aromatic N) is 2. The third kappa shape index (κ3) is 4.03. The van der Waals surface area contributed by atoms with E-state index in [0.717, 1.165) is 22.4 Å². The van der Waals surface area contributed by atoms with Crippen LogP contribution < -0.4 is 14.4 Å². The number of aryl methyl sites for hydroxylation is 2. The van der Waals surface area contributed by atoms with E-state index < -0.39 is 0 Å². The van der Waals surface area contributed by atoms with Crippen LogP contribution in [0.25, 0.3) is 6.08 Å². The normalized spacial score (nSPS) is 15.1. The quantitative estimate of drug-likeness (QED) is 0.529. The van der Waals surface area contributed by atoms with Crippen molar-refractivity contribution < 1.29 is 14.3 Å². The third-order valence-electron chi connectivity index (χ3n) is 4.32. The van der Waals surface area contributed by atoms with Gasteiger partial charge >= 0.3 is 0 Å². The van der Waals surface area contributed by atoms with E-state index in [-0.39, 0.29) is 12.5 Å². The third-order valence-corrected chi connectivity index (χ3v) is 5.62. The van der Waals surface area contributed by atoms with Crippen molar-refractivity contribution in [2.24, 2.45) is 0 Å². The molecule has 0 unspecified atom stereocenters. The van der Waals surface area contributed by atoms with Gasteiger partial charge in [0.05, 0.1) is 17.7 Å². The summed E-state index contributed by atoms with van der Waals surface area (Å²) in [6, 6.07) is 13.1. The molecule has 0 aromatic heterocycles. The summed E-state index contributed by atoms with van der Waals surface area (Å²) in [7, 11) is 1.53. The van der Waals surface area contributed by atoms with Crippen LogP contribution in [0.5, 0.6) is 11.5 Å². The molecule has 1 aliphatic rings. The average molecular weight is 411 g/mol. The summed E-state index contributed by atoms with van der Waals surface area (Å²) >= 11 is 6.70. The van der Waals surface area contributed by atoms with Gasteiger partial charge < -0.3 is 9.47 Å². The van der Waals surface area contributed by atoms with Crippen molar-refractivity contribution in [1.29, 1.82) is 5.26 Å². The molecule has 1 heterocycles. The number of benzene rings is 2. The number of carbonyl (C=O) groups excluding carboxylic acids is 1. The van der Waals surface area contributed by atoms with Gasteiger partial charge in [-0.3, -0.25) is 9.69 Å². The number of anilines is 1. The van der Waals surface area contributed by atoms with E-state index >= 15 is 0 Å². The number of methoxy groups -OCH3 is 1. The molecule has 5 nitrogen and oxygen atoms in total. The lowest BCUT2D eigenvalue weighted by Gasteiger charge is -2.16. The number of hydrogen-bond acceptors (Lipinski definition) is 6. The van der Waals surface area contributed by atoms with E-state index in [2.05, 4.69) is 0 Å². The van der Waals surface area contributed by atoms with Crippen LogP contribution in [0, 0.1) is 25.2 Å². The minimum absolute atomic E-state index is 0.0651. The largest absolute Gasteiger partial charge is 0.493 e. The number of amides is 1. The highest BCUT2D eigenvalue weighted by atomic mass is 32.2. The van der Waals surface area contributed by atoms with Crippen molar-refractivity contribution in [1.82, 2.24) is 0 Å². The number of thiocarbonyl (C=S) groups is 1. The van der Waals surface area contributed by atoms with Crippen molar-refractivity contribution in [3.05, 3.63) is 58.0 Å². The first-order valence-corrected chi connectivity index (χ1v) is 9.70. The minimum atomic E-state index is -0.151. The molecule has 0 aliphatic carbocycles. The number of hydrogen-bond donors (Lipinski definition) is 0. The summed E-state index contributed by atoms with van der Waals surface area (Å²) < 4.78 is 11.1. The first-order chi connectivity index (χ1) is 13.4. The molecule has 142 valence electrons. The van der Waals surface area contributed by atoms with Crippen LogP contribution in [0.4, 0.5) is 5.69 Å². The lowest BCUT2D eigenvalue weighted by molar-refractivity contribution is -0.113. The first kappa shape index (κ1) is 19.9. The van der Waals surface area contributed by atoms with Crippen LogP contribution in [0.3, 0.4) is 0 Å². The summed E-state index contributed by atoms with van der Waals surface area (Å²) in [4.78, 5) is 15.0. The Bertz CT molecular complexity index is 1020. The van der Waals surface area contributed by atoms with Gasteiger partial charge in [-0.25, -0.2) is 0 Å². The zero-order chi connectivity index (χ0) is 20.3. The summed E-state index contributed by atoms with van der Waals surface area (Å²) in [6.45, 7) is 3.97. The Labute approximate surface area is 173 Å². The number of carbonyl (C=O) groups is 1. The van der Waals surface area contributed by atoms with E-state index in [1.807, 2.05) is 38.1 Å². The van der Waals surface area contributed by atoms with Crippen molar-refractivity contribution >= 4 is 46.0 Å². The molecule has 0 N–H and O–H groups in total. The lowest BCUT2D eigenvalue weighted by atomic mass is 10.1. The summed E-state index contributed by atoms with van der Waals surface area (Å²) in [5.41, 5.74) is 3.82. The second-order valence-electron chi connectivity index (χ2n) is 6.14. The second kappa shape index (κ2) is 8.46. The summed E-state index contributed by atoms with van der Waals surface area (Å²) in [6.07, 6.45) is 1.77. The van der Waals surface area contributed by atoms with E-state index in [0.29, 0.717) is 20.7 Å². The highest BCUT2D eigenvalue weighted by Crippen LogP contribution is 2.37. The van der Waals surface area contributed by atoms with Crippen LogP contribution in [-0.2, 0) is 4.79 Å². The molecule has 0 atom stereocenters. The predicted molar refractivity (Wildman–Crippen MR) is 116 cm³/mol. The van der Waals surface area contributed by atoms with Crippen molar-refractivity contribution in [2.45, 2.75) is 13.8 Å². The molecular formula is C21H18N2O3S2. The lowest BCUT2D eigenvalue weighted by Crippen LogP contribution is -2.27. The zero-order valence-corrected chi connectivity index (χ0v) is 17.3. The molecule has 1 amide bonds. The SMILES string of the molecule is COc1cc(/C=C2\SC(=S)N(c3ccc(C)c(C)c3)C2=O)ccc1OCC#N. The Morgan fingerprint density at radius 2 is 1.96 bits per heavy atom. The first-order valence-electron chi connectivity index (χ1n) is 8.47. The van der Waals surface area contributed by atoms with Crippen molar-refractivity contribution in [2.75, 3.05) is 18.6 Å². The average Bonchev–Trinajstić information content (AvgIpc) is 2.96. The molecule has 1 saturated heterocycles. The van der Waals surface area contributed by atoms with E-state index in [1.54, 1.807) is 29.2 Å². The Hall–Kier alpha value is -2.82. The fourth-order valence-corrected chi connectivity index (χ4v) is 4.01. The molecule has 1 aliphatic heterocycles. The molecule has 0 bridgehead atoms. The Morgan fingerprint density at radius 3 is 2.64 bits per heavy atom. The maximum absolute atomic E-state index is 12.9. The Kier molecular flexibility index (Phi) is 6.02. The molecule has 0 spiro atoms. The van der Waals surface area contributed by atoms with E-state index in [9.17, 15) is 4.79 Å². The fraction of sp³-hybridized carbons (Fsp3) is 0.190. The fourth-order valence-electron chi connectivity index (χ4n) is 2.71. The maximum atomic E-state index is 12.9. The minimum Gasteiger partial charge on any atom is -0.493 e. The Morgan fingerprint density at radius 1 is 1.18 bits per heavy atom. The van der Waals surface area contributed by atoms with Gasteiger partial charge in [-0.15, -0.1) is 0 Å². The van der Waals surface area contributed by atoms with Gasteiger partial charge in [-0.1, -0.05) is 36.1 Å². The van der Waals surface area contributed by atoms with Crippen molar-refractivity contribution in [3.63, 3.8) is 0 Å². The second-order valence-corrected chi connectivity index (χ2v) is 7.82. The monoisotopic (exact) mass is 410 g/mol.